The predicted octanol–water partition coefficient (Wildman–Crippen LogP) is 8.26. The standard InChI is InChI=1S/C22H39BrOSi2/c1-11-20(24-25(6,7)8)21(16-18-12-14-19(23)15-13-18)26(9,10)22(4,5)17(2)3/h11-15,17,21H,16H2,1-10H3/b20-11-/t21-/m0/s1. The van der Waals surface area contributed by atoms with Gasteiger partial charge in [-0.1, -0.05) is 74.9 Å². The molecule has 0 fully saturated rings. The molecule has 0 aliphatic carbocycles. The third-order valence-electron chi connectivity index (χ3n) is 6.38. The molecule has 0 radical (unpaired) electrons. The van der Waals surface area contributed by atoms with E-state index in [1.165, 1.54) is 11.3 Å². The molecule has 0 aliphatic heterocycles. The number of benzene rings is 1. The topological polar surface area (TPSA) is 9.23 Å². The van der Waals surface area contributed by atoms with E-state index in [-0.39, 0.29) is 0 Å². The van der Waals surface area contributed by atoms with Crippen LogP contribution in [0.25, 0.3) is 0 Å². The van der Waals surface area contributed by atoms with Crippen LogP contribution in [0.4, 0.5) is 0 Å². The summed E-state index contributed by atoms with van der Waals surface area (Å²) in [5.74, 6) is 1.89. The lowest BCUT2D eigenvalue weighted by Crippen LogP contribution is -2.48. The van der Waals surface area contributed by atoms with Crippen LogP contribution in [0.3, 0.4) is 0 Å². The van der Waals surface area contributed by atoms with Gasteiger partial charge in [-0.05, 0) is 61.6 Å². The molecule has 0 saturated heterocycles. The number of rotatable bonds is 8. The molecule has 1 atom stereocenters. The zero-order valence-electron chi connectivity index (χ0n) is 18.5. The monoisotopic (exact) mass is 454 g/mol. The van der Waals surface area contributed by atoms with E-state index in [1.54, 1.807) is 0 Å². The Bertz CT molecular complexity index is 610. The molecule has 1 rings (SSSR count). The van der Waals surface area contributed by atoms with Gasteiger partial charge in [-0.15, -0.1) is 0 Å². The highest BCUT2D eigenvalue weighted by Gasteiger charge is 2.48. The minimum absolute atomic E-state index is 0.324. The fourth-order valence-electron chi connectivity index (χ4n) is 3.45. The molecule has 0 aromatic heterocycles. The van der Waals surface area contributed by atoms with Crippen LogP contribution in [-0.4, -0.2) is 16.4 Å². The second-order valence-electron chi connectivity index (χ2n) is 9.89. The Balaban J connectivity index is 3.38. The van der Waals surface area contributed by atoms with Gasteiger partial charge >= 0.3 is 0 Å². The van der Waals surface area contributed by atoms with Gasteiger partial charge < -0.3 is 4.43 Å². The van der Waals surface area contributed by atoms with Gasteiger partial charge in [0, 0.05) is 10.0 Å². The summed E-state index contributed by atoms with van der Waals surface area (Å²) < 4.78 is 7.77. The van der Waals surface area contributed by atoms with E-state index in [0.717, 1.165) is 10.9 Å². The zero-order valence-corrected chi connectivity index (χ0v) is 22.1. The molecule has 0 saturated carbocycles. The smallest absolute Gasteiger partial charge is 0.241 e. The normalized spacial score (nSPS) is 15.3. The van der Waals surface area contributed by atoms with Gasteiger partial charge in [0.05, 0.1) is 13.8 Å². The summed E-state index contributed by atoms with van der Waals surface area (Å²) >= 11 is 3.56. The summed E-state index contributed by atoms with van der Waals surface area (Å²) in [6.45, 7) is 23.8. The number of halogens is 1. The van der Waals surface area contributed by atoms with Gasteiger partial charge in [-0.2, -0.15) is 0 Å². The van der Waals surface area contributed by atoms with E-state index >= 15 is 0 Å². The first-order valence-corrected chi connectivity index (χ1v) is 17.1. The summed E-state index contributed by atoms with van der Waals surface area (Å²) in [6, 6.07) is 8.82. The molecule has 4 heteroatoms. The van der Waals surface area contributed by atoms with Crippen molar-refractivity contribution < 1.29 is 4.43 Å². The molecule has 26 heavy (non-hydrogen) atoms. The highest BCUT2D eigenvalue weighted by molar-refractivity contribution is 9.10. The van der Waals surface area contributed by atoms with Crippen molar-refractivity contribution in [3.8, 4) is 0 Å². The van der Waals surface area contributed by atoms with Crippen molar-refractivity contribution in [2.24, 2.45) is 5.92 Å². The number of allylic oxidation sites excluding steroid dienone is 2. The molecule has 0 unspecified atom stereocenters. The van der Waals surface area contributed by atoms with E-state index in [4.69, 9.17) is 4.43 Å². The summed E-state index contributed by atoms with van der Waals surface area (Å²) in [4.78, 5) is 0. The van der Waals surface area contributed by atoms with Crippen LogP contribution in [-0.2, 0) is 10.8 Å². The average Bonchev–Trinajstić information content (AvgIpc) is 2.50. The van der Waals surface area contributed by atoms with Crippen LogP contribution in [0.1, 0.15) is 40.2 Å². The quantitative estimate of drug-likeness (QED) is 0.283. The van der Waals surface area contributed by atoms with Gasteiger partial charge in [0.2, 0.25) is 8.32 Å². The lowest BCUT2D eigenvalue weighted by Gasteiger charge is -2.49. The van der Waals surface area contributed by atoms with Crippen molar-refractivity contribution in [1.29, 1.82) is 0 Å². The Hall–Kier alpha value is -0.326. The van der Waals surface area contributed by atoms with Gasteiger partial charge in [0.25, 0.3) is 0 Å². The van der Waals surface area contributed by atoms with Gasteiger partial charge in [0.1, 0.15) is 0 Å². The maximum atomic E-state index is 6.63. The van der Waals surface area contributed by atoms with Crippen molar-refractivity contribution in [3.05, 3.63) is 46.1 Å². The Morgan fingerprint density at radius 1 is 1.08 bits per heavy atom. The number of hydrogen-bond donors (Lipinski definition) is 0. The lowest BCUT2D eigenvalue weighted by molar-refractivity contribution is 0.382. The third kappa shape index (κ3) is 5.83. The summed E-state index contributed by atoms with van der Waals surface area (Å²) in [5.41, 5.74) is 1.88. The predicted molar refractivity (Wildman–Crippen MR) is 126 cm³/mol. The van der Waals surface area contributed by atoms with Crippen LogP contribution < -0.4 is 0 Å². The fraction of sp³-hybridized carbons (Fsp3) is 0.636. The van der Waals surface area contributed by atoms with Crippen molar-refractivity contribution >= 4 is 32.3 Å². The van der Waals surface area contributed by atoms with Crippen molar-refractivity contribution in [3.63, 3.8) is 0 Å². The van der Waals surface area contributed by atoms with Crippen LogP contribution in [0.5, 0.6) is 0 Å². The first-order chi connectivity index (χ1) is 11.7. The van der Waals surface area contributed by atoms with Crippen molar-refractivity contribution in [1.82, 2.24) is 0 Å². The molecular weight excluding hydrogens is 416 g/mol. The van der Waals surface area contributed by atoms with Gasteiger partial charge in [0.15, 0.2) is 0 Å². The van der Waals surface area contributed by atoms with Gasteiger partial charge in [-0.25, -0.2) is 0 Å². The Kier molecular flexibility index (Phi) is 8.01. The molecule has 148 valence electrons. The largest absolute Gasteiger partial charge is 0.548 e. The van der Waals surface area contributed by atoms with E-state index in [1.807, 2.05) is 0 Å². The van der Waals surface area contributed by atoms with Gasteiger partial charge in [-0.3, -0.25) is 0 Å². The molecule has 1 nitrogen and oxygen atoms in total. The van der Waals surface area contributed by atoms with Crippen molar-refractivity contribution in [2.45, 2.75) is 84.4 Å². The Labute approximate surface area is 172 Å². The molecule has 1 aromatic rings. The van der Waals surface area contributed by atoms with E-state index in [0.29, 0.717) is 16.5 Å². The summed E-state index contributed by atoms with van der Waals surface area (Å²) in [5, 5.41) is 0.324. The third-order valence-corrected chi connectivity index (χ3v) is 13.9. The maximum absolute atomic E-state index is 6.63. The van der Waals surface area contributed by atoms with E-state index in [2.05, 4.69) is 114 Å². The molecule has 0 spiro atoms. The fourth-order valence-corrected chi connectivity index (χ4v) is 8.86. The van der Waals surface area contributed by atoms with Crippen LogP contribution in [0, 0.1) is 5.92 Å². The van der Waals surface area contributed by atoms with Crippen LogP contribution in [0.15, 0.2) is 40.6 Å². The number of hydrogen-bond acceptors (Lipinski definition) is 1. The molecule has 0 heterocycles. The zero-order chi connectivity index (χ0) is 20.3. The minimum Gasteiger partial charge on any atom is -0.548 e. The Morgan fingerprint density at radius 3 is 1.96 bits per heavy atom. The maximum Gasteiger partial charge on any atom is 0.241 e. The average molecular weight is 456 g/mol. The highest BCUT2D eigenvalue weighted by atomic mass is 79.9. The second-order valence-corrected chi connectivity index (χ2v) is 20.7. The van der Waals surface area contributed by atoms with E-state index in [9.17, 15) is 0 Å². The van der Waals surface area contributed by atoms with Crippen LogP contribution >= 0.6 is 15.9 Å². The lowest BCUT2D eigenvalue weighted by atomic mass is 9.99. The molecule has 1 aromatic carbocycles. The summed E-state index contributed by atoms with van der Waals surface area (Å²) in [7, 11) is -3.34. The molecule has 0 amide bonds. The second kappa shape index (κ2) is 8.79. The molecule has 0 N–H and O–H groups in total. The molecule has 0 aliphatic rings. The molecular formula is C22H39BrOSi2. The molecule has 0 bridgehead atoms. The minimum atomic E-state index is -1.69. The summed E-state index contributed by atoms with van der Waals surface area (Å²) in [6.07, 6.45) is 3.31. The first-order valence-electron chi connectivity index (χ1n) is 9.82. The Morgan fingerprint density at radius 2 is 1.58 bits per heavy atom. The van der Waals surface area contributed by atoms with Crippen molar-refractivity contribution in [2.75, 3.05) is 0 Å². The SMILES string of the molecule is C/C=C(\O[Si](C)(C)C)[C@H](Cc1ccc(Br)cc1)[Si](C)(C)C(C)(C)C(C)C. The van der Waals surface area contributed by atoms with E-state index < -0.39 is 16.4 Å². The first kappa shape index (κ1) is 23.7. The highest BCUT2D eigenvalue weighted by Crippen LogP contribution is 2.53. The van der Waals surface area contributed by atoms with Crippen LogP contribution in [0.2, 0.25) is 43.3 Å².